The van der Waals surface area contributed by atoms with Gasteiger partial charge < -0.3 is 9.84 Å². The van der Waals surface area contributed by atoms with Crippen LogP contribution in [0.3, 0.4) is 0 Å². The van der Waals surface area contributed by atoms with Crippen molar-refractivity contribution in [3.05, 3.63) is 74.5 Å². The van der Waals surface area contributed by atoms with E-state index in [9.17, 15) is 9.90 Å². The molecule has 6 heteroatoms. The first kappa shape index (κ1) is 17.2. The van der Waals surface area contributed by atoms with Gasteiger partial charge in [-0.1, -0.05) is 36.5 Å². The number of aromatic nitrogens is 2. The van der Waals surface area contributed by atoms with Crippen molar-refractivity contribution in [2.24, 2.45) is 0 Å². The molecule has 1 aromatic carbocycles. The third-order valence-electron chi connectivity index (χ3n) is 3.95. The van der Waals surface area contributed by atoms with Gasteiger partial charge in [0.2, 0.25) is 5.88 Å². The number of pyridine rings is 1. The Morgan fingerprint density at radius 3 is 2.52 bits per heavy atom. The van der Waals surface area contributed by atoms with Crippen molar-refractivity contribution < 1.29 is 9.84 Å². The quantitative estimate of drug-likeness (QED) is 0.706. The molecular weight excluding hydrogens is 336 g/mol. The van der Waals surface area contributed by atoms with Crippen molar-refractivity contribution in [1.82, 2.24) is 9.55 Å². The maximum absolute atomic E-state index is 11.6. The molecule has 25 heavy (non-hydrogen) atoms. The molecule has 0 atom stereocenters. The molecule has 0 spiro atoms. The van der Waals surface area contributed by atoms with E-state index < -0.39 is 0 Å². The molecule has 5 nitrogen and oxygen atoms in total. The maximum Gasteiger partial charge on any atom is 0.310 e. The molecule has 0 aliphatic rings. The zero-order chi connectivity index (χ0) is 17.6. The number of rotatable bonds is 7. The molecule has 2 heterocycles. The van der Waals surface area contributed by atoms with E-state index in [0.717, 1.165) is 41.2 Å². The minimum absolute atomic E-state index is 0.00285. The first-order valence-electron chi connectivity index (χ1n) is 8.18. The summed E-state index contributed by atoms with van der Waals surface area (Å²) in [5, 5.41) is 11.1. The number of benzene rings is 1. The molecule has 0 saturated carbocycles. The van der Waals surface area contributed by atoms with E-state index in [1.165, 1.54) is 15.5 Å². The van der Waals surface area contributed by atoms with Crippen LogP contribution in [0.2, 0.25) is 0 Å². The third kappa shape index (κ3) is 4.48. The van der Waals surface area contributed by atoms with Gasteiger partial charge in [0.1, 0.15) is 5.75 Å². The predicted octanol–water partition coefficient (Wildman–Crippen LogP) is 3.24. The van der Waals surface area contributed by atoms with Crippen LogP contribution in [0.15, 0.2) is 52.8 Å². The number of hydrogen-bond acceptors (Lipinski definition) is 5. The van der Waals surface area contributed by atoms with Crippen LogP contribution in [0.5, 0.6) is 11.6 Å². The van der Waals surface area contributed by atoms with Crippen LogP contribution in [0, 0.1) is 0 Å². The van der Waals surface area contributed by atoms with Crippen LogP contribution in [0.1, 0.15) is 23.7 Å². The molecule has 0 aliphatic heterocycles. The van der Waals surface area contributed by atoms with E-state index in [1.54, 1.807) is 0 Å². The van der Waals surface area contributed by atoms with Gasteiger partial charge in [0.25, 0.3) is 0 Å². The fourth-order valence-electron chi connectivity index (χ4n) is 2.43. The highest BCUT2D eigenvalue weighted by Crippen LogP contribution is 2.16. The Bertz CT molecular complexity index is 867. The van der Waals surface area contributed by atoms with Crippen molar-refractivity contribution in [3.63, 3.8) is 0 Å². The Kier molecular flexibility index (Phi) is 5.50. The van der Waals surface area contributed by atoms with Gasteiger partial charge in [-0.3, -0.25) is 14.3 Å². The number of nitrogens with zero attached hydrogens (tertiary/aromatic N) is 2. The molecule has 0 aliphatic carbocycles. The minimum Gasteiger partial charge on any atom is -0.494 e. The summed E-state index contributed by atoms with van der Waals surface area (Å²) in [7, 11) is 0. The molecule has 0 radical (unpaired) electrons. The smallest absolute Gasteiger partial charge is 0.310 e. The number of aryl methyl sites for hydroxylation is 1. The van der Waals surface area contributed by atoms with Gasteiger partial charge in [0, 0.05) is 18.3 Å². The molecule has 0 unspecified atom stereocenters. The van der Waals surface area contributed by atoms with Crippen LogP contribution >= 0.6 is 11.3 Å². The summed E-state index contributed by atoms with van der Waals surface area (Å²) >= 11 is 0.991. The lowest BCUT2D eigenvalue weighted by atomic mass is 10.2. The zero-order valence-corrected chi connectivity index (χ0v) is 14.8. The Hall–Kier alpha value is -2.60. The van der Waals surface area contributed by atoms with Gasteiger partial charge >= 0.3 is 4.87 Å². The second-order valence-corrected chi connectivity index (χ2v) is 6.52. The van der Waals surface area contributed by atoms with E-state index in [1.807, 2.05) is 36.5 Å². The third-order valence-corrected chi connectivity index (χ3v) is 4.70. The molecule has 2 aromatic heterocycles. The van der Waals surface area contributed by atoms with E-state index in [-0.39, 0.29) is 10.8 Å². The second-order valence-electron chi connectivity index (χ2n) is 5.70. The molecule has 0 fully saturated rings. The van der Waals surface area contributed by atoms with Crippen molar-refractivity contribution in [1.29, 1.82) is 0 Å². The Morgan fingerprint density at radius 1 is 1.16 bits per heavy atom. The van der Waals surface area contributed by atoms with Gasteiger partial charge in [0.15, 0.2) is 0 Å². The highest BCUT2D eigenvalue weighted by atomic mass is 32.1. The van der Waals surface area contributed by atoms with Gasteiger partial charge in [0.05, 0.1) is 18.5 Å². The SMILES string of the molecule is CCc1ccc(CCOc2ccc(Cn3c(O)csc3=O)cc2)nc1. The fourth-order valence-corrected chi connectivity index (χ4v) is 3.05. The second kappa shape index (κ2) is 7.98. The maximum atomic E-state index is 11.6. The average Bonchev–Trinajstić information content (AvgIpc) is 2.96. The largest absolute Gasteiger partial charge is 0.494 e. The van der Waals surface area contributed by atoms with Gasteiger partial charge in [-0.05, 0) is 35.7 Å². The summed E-state index contributed by atoms with van der Waals surface area (Å²) in [4.78, 5) is 15.9. The van der Waals surface area contributed by atoms with E-state index in [4.69, 9.17) is 4.74 Å². The average molecular weight is 356 g/mol. The van der Waals surface area contributed by atoms with Gasteiger partial charge in [-0.2, -0.15) is 0 Å². The lowest BCUT2D eigenvalue weighted by Crippen LogP contribution is -2.13. The zero-order valence-electron chi connectivity index (χ0n) is 14.0. The molecule has 130 valence electrons. The van der Waals surface area contributed by atoms with Crippen LogP contribution in [0.4, 0.5) is 0 Å². The Morgan fingerprint density at radius 2 is 1.92 bits per heavy atom. The number of aromatic hydroxyl groups is 1. The Labute approximate surface area is 150 Å². The first-order chi connectivity index (χ1) is 12.2. The first-order valence-corrected chi connectivity index (χ1v) is 9.06. The van der Waals surface area contributed by atoms with Crippen molar-refractivity contribution in [2.45, 2.75) is 26.3 Å². The minimum atomic E-state index is -0.167. The van der Waals surface area contributed by atoms with E-state index in [0.29, 0.717) is 13.2 Å². The topological polar surface area (TPSA) is 64.3 Å². The van der Waals surface area contributed by atoms with Gasteiger partial charge in [-0.15, -0.1) is 0 Å². The Balaban J connectivity index is 1.53. The monoisotopic (exact) mass is 356 g/mol. The normalized spacial score (nSPS) is 10.8. The standard InChI is InChI=1S/C19H20N2O3S/c1-2-14-3-6-16(20-11-14)9-10-24-17-7-4-15(5-8-17)12-21-18(22)13-25-19(21)23/h3-8,11,13,22H,2,9-10,12H2,1H3. The number of ether oxygens (including phenoxy) is 1. The summed E-state index contributed by atoms with van der Waals surface area (Å²) in [6.07, 6.45) is 3.65. The van der Waals surface area contributed by atoms with E-state index >= 15 is 0 Å². The summed E-state index contributed by atoms with van der Waals surface area (Å²) in [5.41, 5.74) is 3.18. The summed E-state index contributed by atoms with van der Waals surface area (Å²) < 4.78 is 7.09. The summed E-state index contributed by atoms with van der Waals surface area (Å²) in [6, 6.07) is 11.7. The van der Waals surface area contributed by atoms with Crippen molar-refractivity contribution in [2.75, 3.05) is 6.61 Å². The van der Waals surface area contributed by atoms with Crippen molar-refractivity contribution >= 4 is 11.3 Å². The van der Waals surface area contributed by atoms with Crippen LogP contribution in [0.25, 0.3) is 0 Å². The van der Waals surface area contributed by atoms with E-state index in [2.05, 4.69) is 18.0 Å². The molecule has 3 rings (SSSR count). The predicted molar refractivity (Wildman–Crippen MR) is 98.6 cm³/mol. The van der Waals surface area contributed by atoms with Gasteiger partial charge in [-0.25, -0.2) is 0 Å². The number of thiazole rings is 1. The van der Waals surface area contributed by atoms with Crippen molar-refractivity contribution in [3.8, 4) is 11.6 Å². The lowest BCUT2D eigenvalue weighted by Gasteiger charge is -2.08. The highest BCUT2D eigenvalue weighted by molar-refractivity contribution is 7.07. The lowest BCUT2D eigenvalue weighted by molar-refractivity contribution is 0.320. The number of hydrogen-bond donors (Lipinski definition) is 1. The highest BCUT2D eigenvalue weighted by Gasteiger charge is 2.06. The summed E-state index contributed by atoms with van der Waals surface area (Å²) in [6.45, 7) is 3.02. The molecular formula is C19H20N2O3S. The molecule has 3 aromatic rings. The van der Waals surface area contributed by atoms with Crippen LogP contribution < -0.4 is 9.61 Å². The van der Waals surface area contributed by atoms with Crippen LogP contribution in [-0.4, -0.2) is 21.3 Å². The summed E-state index contributed by atoms with van der Waals surface area (Å²) in [5.74, 6) is 0.771. The fraction of sp³-hybridized carbons (Fsp3) is 0.263. The molecule has 0 bridgehead atoms. The molecule has 0 saturated heterocycles. The molecule has 1 N–H and O–H groups in total. The van der Waals surface area contributed by atoms with Crippen LogP contribution in [-0.2, 0) is 19.4 Å². The molecule has 0 amide bonds.